The number of alkyl halides is 2. The largest absolute Gasteiger partial charge is 0.441 e. The molecule has 0 radical (unpaired) electrons. The van der Waals surface area contributed by atoms with Gasteiger partial charge in [0.05, 0.1) is 30.9 Å². The summed E-state index contributed by atoms with van der Waals surface area (Å²) in [6.45, 7) is 1.58. The Kier molecular flexibility index (Phi) is 6.23. The molecule has 1 fully saturated rings. The van der Waals surface area contributed by atoms with Gasteiger partial charge in [0, 0.05) is 11.6 Å². The summed E-state index contributed by atoms with van der Waals surface area (Å²) in [5.74, 6) is -3.03. The highest BCUT2D eigenvalue weighted by molar-refractivity contribution is 7.17. The first-order valence-corrected chi connectivity index (χ1v) is 11.7. The Morgan fingerprint density at radius 1 is 1.14 bits per heavy atom. The van der Waals surface area contributed by atoms with Crippen LogP contribution in [0.15, 0.2) is 47.5 Å². The van der Waals surface area contributed by atoms with Crippen molar-refractivity contribution in [2.24, 2.45) is 0 Å². The van der Waals surface area contributed by atoms with Gasteiger partial charge in [0.2, 0.25) is 5.06 Å². The van der Waals surface area contributed by atoms with Gasteiger partial charge >= 0.3 is 5.69 Å². The van der Waals surface area contributed by atoms with Gasteiger partial charge in [-0.25, -0.2) is 31.7 Å². The van der Waals surface area contributed by atoms with E-state index in [0.29, 0.717) is 0 Å². The van der Waals surface area contributed by atoms with Crippen LogP contribution in [-0.4, -0.2) is 43.1 Å². The van der Waals surface area contributed by atoms with Gasteiger partial charge < -0.3 is 14.7 Å². The van der Waals surface area contributed by atoms with Crippen LogP contribution in [0, 0.1) is 17.5 Å². The van der Waals surface area contributed by atoms with E-state index in [1.807, 2.05) is 0 Å². The smallest absolute Gasteiger partial charge is 0.350 e. The molecule has 0 spiro atoms. The zero-order valence-corrected chi connectivity index (χ0v) is 19.9. The zero-order valence-electron chi connectivity index (χ0n) is 19.0. The second-order valence-electron chi connectivity index (χ2n) is 8.69. The summed E-state index contributed by atoms with van der Waals surface area (Å²) in [5, 5.41) is 13.6. The van der Waals surface area contributed by atoms with Gasteiger partial charge in [-0.15, -0.1) is 0 Å². The molecule has 0 aliphatic carbocycles. The van der Waals surface area contributed by atoms with Gasteiger partial charge in [-0.2, -0.15) is 9.78 Å². The van der Waals surface area contributed by atoms with E-state index in [1.54, 1.807) is 11.8 Å². The minimum Gasteiger partial charge on any atom is -0.441 e. The molecule has 0 amide bonds. The maximum atomic E-state index is 14.9. The van der Waals surface area contributed by atoms with Crippen LogP contribution >= 0.6 is 11.3 Å². The number of anilines is 1. The van der Waals surface area contributed by atoms with E-state index >= 15 is 0 Å². The molecular formula is C23H18F5N5O3S. The average Bonchev–Trinajstić information content (AvgIpc) is 3.40. The van der Waals surface area contributed by atoms with E-state index in [-0.39, 0.29) is 34.5 Å². The summed E-state index contributed by atoms with van der Waals surface area (Å²) in [4.78, 5) is 18.2. The van der Waals surface area contributed by atoms with Crippen LogP contribution in [0.2, 0.25) is 0 Å². The first kappa shape index (κ1) is 24.9. The number of hydrogen-bond acceptors (Lipinski definition) is 7. The summed E-state index contributed by atoms with van der Waals surface area (Å²) in [7, 11) is 0. The number of halogens is 5. The number of benzene rings is 2. The molecule has 2 aromatic heterocycles. The minimum absolute atomic E-state index is 0.0236. The summed E-state index contributed by atoms with van der Waals surface area (Å²) in [6, 6.07) is 6.63. The monoisotopic (exact) mass is 539 g/mol. The number of aliphatic hydroxyl groups is 1. The maximum absolute atomic E-state index is 14.9. The van der Waals surface area contributed by atoms with Crippen molar-refractivity contribution < 1.29 is 31.8 Å². The van der Waals surface area contributed by atoms with Crippen molar-refractivity contribution >= 4 is 16.5 Å². The number of rotatable bonds is 7. The summed E-state index contributed by atoms with van der Waals surface area (Å²) < 4.78 is 77.0. The van der Waals surface area contributed by atoms with Crippen molar-refractivity contribution in [3.63, 3.8) is 0 Å². The average molecular weight is 539 g/mol. The van der Waals surface area contributed by atoms with E-state index < -0.39 is 53.2 Å². The number of aromatic nitrogens is 4. The predicted molar refractivity (Wildman–Crippen MR) is 123 cm³/mol. The van der Waals surface area contributed by atoms with Gasteiger partial charge in [-0.1, -0.05) is 17.4 Å². The molecule has 1 aliphatic rings. The van der Waals surface area contributed by atoms with Gasteiger partial charge in [0.1, 0.15) is 18.0 Å². The lowest BCUT2D eigenvalue weighted by atomic mass is 9.98. The lowest BCUT2D eigenvalue weighted by Crippen LogP contribution is -2.60. The van der Waals surface area contributed by atoms with Crippen LogP contribution in [0.1, 0.15) is 24.6 Å². The van der Waals surface area contributed by atoms with Crippen LogP contribution in [0.5, 0.6) is 10.8 Å². The zero-order chi connectivity index (χ0) is 26.5. The topological polar surface area (TPSA) is 85.4 Å². The van der Waals surface area contributed by atoms with E-state index in [1.165, 1.54) is 12.1 Å². The molecule has 194 valence electrons. The first-order chi connectivity index (χ1) is 17.5. The van der Waals surface area contributed by atoms with Crippen molar-refractivity contribution in [2.75, 3.05) is 18.0 Å². The third-order valence-electron chi connectivity index (χ3n) is 5.64. The minimum atomic E-state index is -2.98. The number of β-amino-alcohol motifs (C(OH)–C–C–N with tert-alkyl or cyclic N) is 1. The number of hydrogen-bond donors (Lipinski definition) is 1. The highest BCUT2D eigenvalue weighted by Crippen LogP contribution is 2.43. The Hall–Kier alpha value is -3.78. The van der Waals surface area contributed by atoms with Crippen LogP contribution in [0.25, 0.3) is 5.69 Å². The SMILES string of the molecule is CC1(O)CN(c2nc(C(F)F)c(Oc3ccc(-n4ncn(Cc5c(F)cccc5F)c4=O)cc3F)s2)C1. The van der Waals surface area contributed by atoms with E-state index in [4.69, 9.17) is 4.74 Å². The molecule has 5 rings (SSSR count). The predicted octanol–water partition coefficient (Wildman–Crippen LogP) is 4.26. The Morgan fingerprint density at radius 2 is 1.84 bits per heavy atom. The highest BCUT2D eigenvalue weighted by Gasteiger charge is 2.39. The van der Waals surface area contributed by atoms with Crippen molar-refractivity contribution in [1.29, 1.82) is 0 Å². The number of nitrogens with zero attached hydrogens (tertiary/aromatic N) is 5. The molecule has 0 atom stereocenters. The van der Waals surface area contributed by atoms with E-state index in [0.717, 1.165) is 51.2 Å². The molecule has 0 saturated carbocycles. The molecule has 0 bridgehead atoms. The van der Waals surface area contributed by atoms with Crippen molar-refractivity contribution in [2.45, 2.75) is 25.5 Å². The summed E-state index contributed by atoms with van der Waals surface area (Å²) in [5.41, 5.74) is -2.75. The van der Waals surface area contributed by atoms with Crippen LogP contribution in [0.3, 0.4) is 0 Å². The standard InChI is InChI=1S/C23H18F5N5O3S/c1-23(35)9-32(10-23)21-30-18(19(27)28)20(37-21)36-17-6-5-12(7-16(17)26)33-22(34)31(11-29-33)8-13-14(24)3-2-4-15(13)25/h2-7,11,19,35H,8-10H2,1H3. The second-order valence-corrected chi connectivity index (χ2v) is 9.63. The Bertz CT molecular complexity index is 1510. The highest BCUT2D eigenvalue weighted by atomic mass is 32.1. The van der Waals surface area contributed by atoms with Crippen LogP contribution in [-0.2, 0) is 6.54 Å². The molecule has 8 nitrogen and oxygen atoms in total. The third kappa shape index (κ3) is 4.81. The Labute approximate surface area is 209 Å². The molecule has 37 heavy (non-hydrogen) atoms. The van der Waals surface area contributed by atoms with Gasteiger partial charge in [-0.3, -0.25) is 4.57 Å². The lowest BCUT2D eigenvalue weighted by molar-refractivity contribution is 0.0309. The fourth-order valence-corrected chi connectivity index (χ4v) is 4.78. The Morgan fingerprint density at radius 3 is 2.46 bits per heavy atom. The fourth-order valence-electron chi connectivity index (χ4n) is 3.84. The molecule has 1 saturated heterocycles. The van der Waals surface area contributed by atoms with Crippen LogP contribution in [0.4, 0.5) is 27.1 Å². The summed E-state index contributed by atoms with van der Waals surface area (Å²) >= 11 is 0.788. The van der Waals surface area contributed by atoms with Crippen molar-refractivity contribution in [1.82, 2.24) is 19.3 Å². The number of thiazole rings is 1. The fraction of sp³-hybridized carbons (Fsp3) is 0.261. The molecule has 3 heterocycles. The first-order valence-electron chi connectivity index (χ1n) is 10.8. The van der Waals surface area contributed by atoms with E-state index in [2.05, 4.69) is 10.1 Å². The molecular weight excluding hydrogens is 521 g/mol. The molecule has 0 unspecified atom stereocenters. The molecule has 14 heteroatoms. The van der Waals surface area contributed by atoms with E-state index in [9.17, 15) is 31.9 Å². The van der Waals surface area contributed by atoms with Gasteiger partial charge in [0.15, 0.2) is 22.4 Å². The van der Waals surface area contributed by atoms with Gasteiger partial charge in [-0.05, 0) is 31.2 Å². The molecule has 1 N–H and O–H groups in total. The molecule has 4 aromatic rings. The quantitative estimate of drug-likeness (QED) is 0.354. The number of ether oxygens (including phenoxy) is 1. The normalized spacial score (nSPS) is 14.8. The second kappa shape index (κ2) is 9.27. The summed E-state index contributed by atoms with van der Waals surface area (Å²) in [6.07, 6.45) is -1.93. The van der Waals surface area contributed by atoms with Gasteiger partial charge in [0.25, 0.3) is 6.43 Å². The lowest BCUT2D eigenvalue weighted by Gasteiger charge is -2.43. The third-order valence-corrected chi connectivity index (χ3v) is 6.65. The van der Waals surface area contributed by atoms with Crippen molar-refractivity contribution in [3.05, 3.63) is 81.9 Å². The van der Waals surface area contributed by atoms with Crippen molar-refractivity contribution in [3.8, 4) is 16.5 Å². The Balaban J connectivity index is 1.38. The van der Waals surface area contributed by atoms with Crippen LogP contribution < -0.4 is 15.3 Å². The maximum Gasteiger partial charge on any atom is 0.350 e. The molecule has 2 aromatic carbocycles. The molecule has 1 aliphatic heterocycles.